The van der Waals surface area contributed by atoms with Gasteiger partial charge in [-0.05, 0) is 42.3 Å². The zero-order valence-electron chi connectivity index (χ0n) is 15.7. The van der Waals surface area contributed by atoms with Gasteiger partial charge in [-0.15, -0.1) is 11.3 Å². The van der Waals surface area contributed by atoms with Crippen molar-refractivity contribution in [3.8, 4) is 23.1 Å². The molecule has 0 unspecified atom stereocenters. The molecular formula is C22H18ClN3O2S. The number of thiazole rings is 1. The topological polar surface area (TPSA) is 75.0 Å². The molecule has 1 N–H and O–H groups in total. The lowest BCUT2D eigenvalue weighted by Crippen LogP contribution is -2.13. The van der Waals surface area contributed by atoms with Crippen molar-refractivity contribution in [1.29, 1.82) is 5.26 Å². The van der Waals surface area contributed by atoms with Crippen LogP contribution in [0.1, 0.15) is 18.9 Å². The Morgan fingerprint density at radius 1 is 1.24 bits per heavy atom. The number of carbonyl (C=O) groups excluding carboxylic acids is 1. The third kappa shape index (κ3) is 5.67. The molecule has 1 aromatic heterocycles. The van der Waals surface area contributed by atoms with E-state index in [0.29, 0.717) is 16.8 Å². The van der Waals surface area contributed by atoms with E-state index in [1.165, 1.54) is 17.4 Å². The van der Waals surface area contributed by atoms with E-state index in [-0.39, 0.29) is 5.57 Å². The monoisotopic (exact) mass is 423 g/mol. The Hall–Kier alpha value is -3.14. The number of anilines is 1. The normalized spacial score (nSPS) is 11.0. The molecular weight excluding hydrogens is 406 g/mol. The first-order valence-electron chi connectivity index (χ1n) is 8.96. The quantitative estimate of drug-likeness (QED) is 0.385. The van der Waals surface area contributed by atoms with Crippen LogP contribution in [0.15, 0.2) is 59.5 Å². The first-order valence-corrected chi connectivity index (χ1v) is 10.2. The molecule has 3 rings (SSSR count). The maximum Gasteiger partial charge on any atom is 0.268 e. The van der Waals surface area contributed by atoms with Gasteiger partial charge in [0, 0.05) is 16.0 Å². The average molecular weight is 424 g/mol. The van der Waals surface area contributed by atoms with Gasteiger partial charge in [0.2, 0.25) is 0 Å². The van der Waals surface area contributed by atoms with Crippen LogP contribution < -0.4 is 10.1 Å². The fourth-order valence-corrected chi connectivity index (χ4v) is 3.29. The summed E-state index contributed by atoms with van der Waals surface area (Å²) in [6.45, 7) is 2.68. The minimum Gasteiger partial charge on any atom is -0.494 e. The van der Waals surface area contributed by atoms with Crippen molar-refractivity contribution < 1.29 is 9.53 Å². The van der Waals surface area contributed by atoms with Gasteiger partial charge in [-0.3, -0.25) is 10.1 Å². The Morgan fingerprint density at radius 2 is 1.97 bits per heavy atom. The van der Waals surface area contributed by atoms with Crippen LogP contribution in [0.2, 0.25) is 5.02 Å². The van der Waals surface area contributed by atoms with Crippen molar-refractivity contribution in [1.82, 2.24) is 4.98 Å². The molecule has 1 heterocycles. The molecule has 0 fully saturated rings. The van der Waals surface area contributed by atoms with Gasteiger partial charge in [0.1, 0.15) is 17.4 Å². The van der Waals surface area contributed by atoms with Gasteiger partial charge in [-0.25, -0.2) is 4.98 Å². The molecule has 7 heteroatoms. The molecule has 0 bridgehead atoms. The molecule has 1 amide bonds. The summed E-state index contributed by atoms with van der Waals surface area (Å²) in [7, 11) is 0. The molecule has 0 aliphatic rings. The maximum absolute atomic E-state index is 12.5. The molecule has 0 radical (unpaired) electrons. The number of aromatic nitrogens is 1. The van der Waals surface area contributed by atoms with E-state index in [4.69, 9.17) is 16.3 Å². The zero-order chi connectivity index (χ0) is 20.6. The molecule has 3 aromatic rings. The number of hydrogen-bond donors (Lipinski definition) is 1. The molecule has 0 saturated carbocycles. The summed E-state index contributed by atoms with van der Waals surface area (Å²) in [5.41, 5.74) is 2.36. The van der Waals surface area contributed by atoms with E-state index in [1.54, 1.807) is 24.3 Å². The van der Waals surface area contributed by atoms with Crippen LogP contribution in [0.4, 0.5) is 5.13 Å². The van der Waals surface area contributed by atoms with Crippen LogP contribution >= 0.6 is 22.9 Å². The van der Waals surface area contributed by atoms with E-state index in [0.717, 1.165) is 29.0 Å². The highest BCUT2D eigenvalue weighted by Crippen LogP contribution is 2.26. The Morgan fingerprint density at radius 3 is 2.62 bits per heavy atom. The maximum atomic E-state index is 12.5. The van der Waals surface area contributed by atoms with Gasteiger partial charge in [0.15, 0.2) is 5.13 Å². The minimum absolute atomic E-state index is 0.00419. The van der Waals surface area contributed by atoms with Crippen molar-refractivity contribution in [3.63, 3.8) is 0 Å². The fraction of sp³-hybridized carbons (Fsp3) is 0.136. The average Bonchev–Trinajstić information content (AvgIpc) is 3.20. The number of ether oxygens (including phenoxy) is 1. The number of nitrogens with zero attached hydrogens (tertiary/aromatic N) is 2. The summed E-state index contributed by atoms with van der Waals surface area (Å²) >= 11 is 7.19. The Labute approximate surface area is 178 Å². The number of benzene rings is 2. The first-order chi connectivity index (χ1) is 14.1. The molecule has 0 spiro atoms. The number of nitrogens with one attached hydrogen (secondary N) is 1. The summed E-state index contributed by atoms with van der Waals surface area (Å²) in [5.74, 6) is 0.250. The van der Waals surface area contributed by atoms with Crippen LogP contribution in [-0.2, 0) is 4.79 Å². The number of amides is 1. The van der Waals surface area contributed by atoms with Crippen molar-refractivity contribution in [3.05, 3.63) is 70.1 Å². The Kier molecular flexibility index (Phi) is 7.01. The first kappa shape index (κ1) is 20.6. The SMILES string of the molecule is CCCOc1ccc(/C=C(\C#N)C(=O)Nc2nc(-c3ccc(Cl)cc3)cs2)cc1. The fourth-order valence-electron chi connectivity index (χ4n) is 2.44. The highest BCUT2D eigenvalue weighted by atomic mass is 35.5. The second kappa shape index (κ2) is 9.87. The second-order valence-electron chi connectivity index (χ2n) is 6.09. The lowest BCUT2D eigenvalue weighted by atomic mass is 10.1. The largest absolute Gasteiger partial charge is 0.494 e. The zero-order valence-corrected chi connectivity index (χ0v) is 17.3. The molecule has 0 aliphatic carbocycles. The molecule has 2 aromatic carbocycles. The van der Waals surface area contributed by atoms with Gasteiger partial charge >= 0.3 is 0 Å². The van der Waals surface area contributed by atoms with E-state index >= 15 is 0 Å². The Bertz CT molecular complexity index is 1050. The highest BCUT2D eigenvalue weighted by Gasteiger charge is 2.12. The summed E-state index contributed by atoms with van der Waals surface area (Å²) in [6, 6.07) is 16.5. The third-order valence-corrected chi connectivity index (χ3v) is 4.90. The molecule has 146 valence electrons. The molecule has 0 saturated heterocycles. The van der Waals surface area contributed by atoms with Gasteiger partial charge in [0.05, 0.1) is 12.3 Å². The van der Waals surface area contributed by atoms with Crippen molar-refractivity contribution >= 4 is 40.1 Å². The van der Waals surface area contributed by atoms with Crippen molar-refractivity contribution in [2.45, 2.75) is 13.3 Å². The summed E-state index contributed by atoms with van der Waals surface area (Å²) in [5, 5.41) is 15.0. The molecule has 0 atom stereocenters. The van der Waals surface area contributed by atoms with E-state index in [9.17, 15) is 10.1 Å². The van der Waals surface area contributed by atoms with Crippen molar-refractivity contribution in [2.75, 3.05) is 11.9 Å². The van der Waals surface area contributed by atoms with Gasteiger partial charge < -0.3 is 4.74 Å². The van der Waals surface area contributed by atoms with Gasteiger partial charge in [0.25, 0.3) is 5.91 Å². The van der Waals surface area contributed by atoms with Crippen molar-refractivity contribution in [2.24, 2.45) is 0 Å². The Balaban J connectivity index is 1.69. The van der Waals surface area contributed by atoms with Crippen LogP contribution in [0.25, 0.3) is 17.3 Å². The number of carbonyl (C=O) groups is 1. The lowest BCUT2D eigenvalue weighted by molar-refractivity contribution is -0.112. The van der Waals surface area contributed by atoms with E-state index in [1.807, 2.05) is 42.6 Å². The van der Waals surface area contributed by atoms with E-state index in [2.05, 4.69) is 10.3 Å². The summed E-state index contributed by atoms with van der Waals surface area (Å²) in [4.78, 5) is 16.9. The molecule has 5 nitrogen and oxygen atoms in total. The summed E-state index contributed by atoms with van der Waals surface area (Å²) in [6.07, 6.45) is 2.46. The smallest absolute Gasteiger partial charge is 0.268 e. The predicted molar refractivity (Wildman–Crippen MR) is 117 cm³/mol. The highest BCUT2D eigenvalue weighted by molar-refractivity contribution is 7.14. The van der Waals surface area contributed by atoms with Gasteiger partial charge in [-0.1, -0.05) is 42.8 Å². The van der Waals surface area contributed by atoms with E-state index < -0.39 is 5.91 Å². The van der Waals surface area contributed by atoms with Gasteiger partial charge in [-0.2, -0.15) is 5.26 Å². The number of halogens is 1. The van der Waals surface area contributed by atoms with Crippen LogP contribution in [0, 0.1) is 11.3 Å². The lowest BCUT2D eigenvalue weighted by Gasteiger charge is -2.04. The molecule has 0 aliphatic heterocycles. The number of hydrogen-bond acceptors (Lipinski definition) is 5. The standard InChI is InChI=1S/C22H18ClN3O2S/c1-2-11-28-19-9-3-15(4-10-19)12-17(13-24)21(27)26-22-25-20(14-29-22)16-5-7-18(23)8-6-16/h3-10,12,14H,2,11H2,1H3,(H,25,26,27)/b17-12+. The minimum atomic E-state index is -0.504. The third-order valence-electron chi connectivity index (χ3n) is 3.89. The van der Waals surface area contributed by atoms with Crippen LogP contribution in [0.5, 0.6) is 5.75 Å². The van der Waals surface area contributed by atoms with Crippen LogP contribution in [-0.4, -0.2) is 17.5 Å². The summed E-state index contributed by atoms with van der Waals surface area (Å²) < 4.78 is 5.53. The predicted octanol–water partition coefficient (Wildman–Crippen LogP) is 5.80. The second-order valence-corrected chi connectivity index (χ2v) is 7.38. The molecule has 29 heavy (non-hydrogen) atoms. The number of rotatable bonds is 7. The number of nitriles is 1. The van der Waals surface area contributed by atoms with Crippen LogP contribution in [0.3, 0.4) is 0 Å².